The molecule has 0 spiro atoms. The van der Waals surface area contributed by atoms with Crippen LogP contribution in [0.15, 0.2) is 0 Å². The lowest BCUT2D eigenvalue weighted by atomic mass is 10.1. The number of piperazine rings is 1. The molecule has 0 aromatic rings. The van der Waals surface area contributed by atoms with Crippen LogP contribution < -0.4 is 5.32 Å². The van der Waals surface area contributed by atoms with Crippen molar-refractivity contribution >= 4 is 0 Å². The van der Waals surface area contributed by atoms with Gasteiger partial charge < -0.3 is 10.1 Å². The van der Waals surface area contributed by atoms with Gasteiger partial charge in [-0.1, -0.05) is 0 Å². The molecular weight excluding hydrogens is 164 g/mol. The zero-order valence-electron chi connectivity index (χ0n) is 8.46. The van der Waals surface area contributed by atoms with Crippen LogP contribution in [0.25, 0.3) is 0 Å². The summed E-state index contributed by atoms with van der Waals surface area (Å²) < 4.78 is 5.38. The van der Waals surface area contributed by atoms with Gasteiger partial charge >= 0.3 is 0 Å². The summed E-state index contributed by atoms with van der Waals surface area (Å²) in [6.07, 6.45) is 2.46. The summed E-state index contributed by atoms with van der Waals surface area (Å²) in [6.45, 7) is 7.77. The first-order valence-electron chi connectivity index (χ1n) is 5.41. The van der Waals surface area contributed by atoms with Crippen molar-refractivity contribution < 1.29 is 4.74 Å². The summed E-state index contributed by atoms with van der Waals surface area (Å²) in [6, 6.07) is 1.45. The second kappa shape index (κ2) is 4.40. The fraction of sp³-hybridized carbons (Fsp3) is 1.00. The van der Waals surface area contributed by atoms with Crippen molar-refractivity contribution in [3.05, 3.63) is 0 Å². The molecule has 0 amide bonds. The van der Waals surface area contributed by atoms with Crippen molar-refractivity contribution in [1.82, 2.24) is 10.2 Å². The van der Waals surface area contributed by atoms with E-state index in [0.717, 1.165) is 25.8 Å². The highest BCUT2D eigenvalue weighted by molar-refractivity contribution is 4.82. The standard InChI is InChI=1S/C10H20N2O/c1-9-8-12(5-4-11-9)10-2-6-13-7-3-10/h9-11H,2-8H2,1H3. The summed E-state index contributed by atoms with van der Waals surface area (Å²) >= 11 is 0. The van der Waals surface area contributed by atoms with Crippen molar-refractivity contribution in [1.29, 1.82) is 0 Å². The predicted octanol–water partition coefficient (Wildman–Crippen LogP) is 0.459. The van der Waals surface area contributed by atoms with Gasteiger partial charge in [-0.15, -0.1) is 0 Å². The van der Waals surface area contributed by atoms with E-state index in [1.807, 2.05) is 0 Å². The Balaban J connectivity index is 1.83. The minimum absolute atomic E-state index is 0.664. The van der Waals surface area contributed by atoms with E-state index in [-0.39, 0.29) is 0 Å². The Hall–Kier alpha value is -0.120. The molecular formula is C10H20N2O. The van der Waals surface area contributed by atoms with E-state index in [1.165, 1.54) is 25.9 Å². The molecule has 1 unspecified atom stereocenters. The molecule has 0 saturated carbocycles. The molecule has 2 fully saturated rings. The Morgan fingerprint density at radius 1 is 1.31 bits per heavy atom. The third-order valence-electron chi connectivity index (χ3n) is 3.11. The van der Waals surface area contributed by atoms with Gasteiger partial charge in [0, 0.05) is 44.9 Å². The highest BCUT2D eigenvalue weighted by atomic mass is 16.5. The summed E-state index contributed by atoms with van der Waals surface area (Å²) in [5.74, 6) is 0. The van der Waals surface area contributed by atoms with Crippen LogP contribution in [0, 0.1) is 0 Å². The van der Waals surface area contributed by atoms with Crippen molar-refractivity contribution in [2.24, 2.45) is 0 Å². The summed E-state index contributed by atoms with van der Waals surface area (Å²) in [7, 11) is 0. The second-order valence-electron chi connectivity index (χ2n) is 4.19. The van der Waals surface area contributed by atoms with E-state index in [9.17, 15) is 0 Å². The minimum atomic E-state index is 0.664. The molecule has 0 aromatic carbocycles. The average molecular weight is 184 g/mol. The van der Waals surface area contributed by atoms with Gasteiger partial charge in [0.05, 0.1) is 0 Å². The molecule has 1 N–H and O–H groups in total. The molecule has 2 aliphatic rings. The largest absolute Gasteiger partial charge is 0.381 e. The first kappa shape index (κ1) is 9.44. The molecule has 13 heavy (non-hydrogen) atoms. The van der Waals surface area contributed by atoms with Crippen molar-refractivity contribution in [3.8, 4) is 0 Å². The van der Waals surface area contributed by atoms with Gasteiger partial charge in [0.2, 0.25) is 0 Å². The van der Waals surface area contributed by atoms with E-state index in [4.69, 9.17) is 4.74 Å². The summed E-state index contributed by atoms with van der Waals surface area (Å²) in [5.41, 5.74) is 0. The van der Waals surface area contributed by atoms with Crippen LogP contribution in [0.4, 0.5) is 0 Å². The lowest BCUT2D eigenvalue weighted by molar-refractivity contribution is 0.0246. The number of hydrogen-bond donors (Lipinski definition) is 1. The fourth-order valence-corrected chi connectivity index (χ4v) is 2.34. The second-order valence-corrected chi connectivity index (χ2v) is 4.19. The first-order valence-corrected chi connectivity index (χ1v) is 5.41. The topological polar surface area (TPSA) is 24.5 Å². The van der Waals surface area contributed by atoms with Crippen LogP contribution in [0.5, 0.6) is 0 Å². The van der Waals surface area contributed by atoms with Crippen LogP contribution in [-0.4, -0.2) is 49.8 Å². The molecule has 0 bridgehead atoms. The molecule has 0 aliphatic carbocycles. The minimum Gasteiger partial charge on any atom is -0.381 e. The fourth-order valence-electron chi connectivity index (χ4n) is 2.34. The SMILES string of the molecule is CC1CN(C2CCOCC2)CCN1. The number of nitrogens with zero attached hydrogens (tertiary/aromatic N) is 1. The predicted molar refractivity (Wildman–Crippen MR) is 52.9 cm³/mol. The Morgan fingerprint density at radius 3 is 2.77 bits per heavy atom. The van der Waals surface area contributed by atoms with E-state index in [2.05, 4.69) is 17.1 Å². The van der Waals surface area contributed by atoms with Crippen molar-refractivity contribution in [2.75, 3.05) is 32.8 Å². The van der Waals surface area contributed by atoms with E-state index < -0.39 is 0 Å². The molecule has 76 valence electrons. The zero-order chi connectivity index (χ0) is 9.10. The number of rotatable bonds is 1. The van der Waals surface area contributed by atoms with Gasteiger partial charge in [0.15, 0.2) is 0 Å². The number of ether oxygens (including phenoxy) is 1. The lowest BCUT2D eigenvalue weighted by Gasteiger charge is -2.39. The molecule has 2 aliphatic heterocycles. The average Bonchev–Trinajstić information content (AvgIpc) is 2.19. The molecule has 2 saturated heterocycles. The van der Waals surface area contributed by atoms with Crippen LogP contribution in [-0.2, 0) is 4.74 Å². The Labute approximate surface area is 80.4 Å². The molecule has 3 nitrogen and oxygen atoms in total. The monoisotopic (exact) mass is 184 g/mol. The summed E-state index contributed by atoms with van der Waals surface area (Å²) in [4.78, 5) is 2.63. The summed E-state index contributed by atoms with van der Waals surface area (Å²) in [5, 5.41) is 3.48. The van der Waals surface area contributed by atoms with E-state index >= 15 is 0 Å². The first-order chi connectivity index (χ1) is 6.36. The maximum Gasteiger partial charge on any atom is 0.0480 e. The maximum atomic E-state index is 5.38. The Morgan fingerprint density at radius 2 is 2.08 bits per heavy atom. The van der Waals surface area contributed by atoms with Crippen LogP contribution in [0.3, 0.4) is 0 Å². The van der Waals surface area contributed by atoms with Gasteiger partial charge in [-0.2, -0.15) is 0 Å². The van der Waals surface area contributed by atoms with Crippen molar-refractivity contribution in [2.45, 2.75) is 31.8 Å². The lowest BCUT2D eigenvalue weighted by Crippen LogP contribution is -2.53. The molecule has 2 rings (SSSR count). The normalized spacial score (nSPS) is 33.5. The molecule has 0 aromatic heterocycles. The number of hydrogen-bond acceptors (Lipinski definition) is 3. The molecule has 3 heteroatoms. The van der Waals surface area contributed by atoms with Crippen LogP contribution >= 0.6 is 0 Å². The maximum absolute atomic E-state index is 5.38. The van der Waals surface area contributed by atoms with Crippen molar-refractivity contribution in [3.63, 3.8) is 0 Å². The van der Waals surface area contributed by atoms with Gasteiger partial charge in [0.1, 0.15) is 0 Å². The highest BCUT2D eigenvalue weighted by Gasteiger charge is 2.24. The Bertz CT molecular complexity index is 157. The highest BCUT2D eigenvalue weighted by Crippen LogP contribution is 2.15. The van der Waals surface area contributed by atoms with E-state index in [1.54, 1.807) is 0 Å². The van der Waals surface area contributed by atoms with Crippen LogP contribution in [0.2, 0.25) is 0 Å². The number of nitrogens with one attached hydrogen (secondary N) is 1. The zero-order valence-corrected chi connectivity index (χ0v) is 8.46. The van der Waals surface area contributed by atoms with Gasteiger partial charge in [-0.25, -0.2) is 0 Å². The molecule has 2 heterocycles. The van der Waals surface area contributed by atoms with Gasteiger partial charge in [0.25, 0.3) is 0 Å². The third kappa shape index (κ3) is 2.42. The smallest absolute Gasteiger partial charge is 0.0480 e. The third-order valence-corrected chi connectivity index (χ3v) is 3.11. The quantitative estimate of drug-likeness (QED) is 0.641. The molecule has 0 radical (unpaired) electrons. The van der Waals surface area contributed by atoms with Gasteiger partial charge in [-0.05, 0) is 19.8 Å². The molecule has 1 atom stereocenters. The Kier molecular flexibility index (Phi) is 3.19. The van der Waals surface area contributed by atoms with E-state index in [0.29, 0.717) is 6.04 Å². The van der Waals surface area contributed by atoms with Crippen LogP contribution in [0.1, 0.15) is 19.8 Å². The van der Waals surface area contributed by atoms with Gasteiger partial charge in [-0.3, -0.25) is 4.90 Å².